The van der Waals surface area contributed by atoms with Crippen molar-refractivity contribution < 1.29 is 4.74 Å². The third kappa shape index (κ3) is 2.08. The number of nitrogens with one attached hydrogen (secondary N) is 1. The molecule has 1 fully saturated rings. The van der Waals surface area contributed by atoms with Gasteiger partial charge >= 0.3 is 5.69 Å². The zero-order valence-corrected chi connectivity index (χ0v) is 10.6. The van der Waals surface area contributed by atoms with Crippen molar-refractivity contribution in [1.29, 1.82) is 0 Å². The molecule has 0 spiro atoms. The van der Waals surface area contributed by atoms with Crippen LogP contribution < -0.4 is 5.69 Å². The fourth-order valence-corrected chi connectivity index (χ4v) is 2.65. The van der Waals surface area contributed by atoms with Crippen molar-refractivity contribution >= 4 is 11.0 Å². The number of H-pyrrole nitrogens is 1. The predicted octanol–water partition coefficient (Wildman–Crippen LogP) is 2.06. The maximum absolute atomic E-state index is 12.0. The minimum absolute atomic E-state index is 0.00194. The molecule has 1 aliphatic heterocycles. The minimum Gasteiger partial charge on any atom is -0.381 e. The first-order valence-electron chi connectivity index (χ1n) is 6.51. The zero-order valence-electron chi connectivity index (χ0n) is 10.6. The van der Waals surface area contributed by atoms with Crippen LogP contribution >= 0.6 is 0 Å². The summed E-state index contributed by atoms with van der Waals surface area (Å²) in [7, 11) is 0. The van der Waals surface area contributed by atoms with Crippen molar-refractivity contribution in [2.75, 3.05) is 13.2 Å². The number of imidazole rings is 1. The van der Waals surface area contributed by atoms with Crippen LogP contribution in [0, 0.1) is 12.8 Å². The van der Waals surface area contributed by atoms with Crippen molar-refractivity contribution in [3.63, 3.8) is 0 Å². The van der Waals surface area contributed by atoms with Gasteiger partial charge in [-0.3, -0.25) is 4.57 Å². The Morgan fingerprint density at radius 2 is 2.17 bits per heavy atom. The molecule has 0 radical (unpaired) electrons. The summed E-state index contributed by atoms with van der Waals surface area (Å²) in [6.45, 7) is 4.47. The summed E-state index contributed by atoms with van der Waals surface area (Å²) in [6.07, 6.45) is 2.09. The van der Waals surface area contributed by atoms with Crippen molar-refractivity contribution in [1.82, 2.24) is 9.55 Å². The Morgan fingerprint density at radius 1 is 1.39 bits per heavy atom. The molecule has 0 amide bonds. The molecule has 4 heteroatoms. The number of fused-ring (bicyclic) bond motifs is 1. The van der Waals surface area contributed by atoms with Gasteiger partial charge in [-0.2, -0.15) is 0 Å². The van der Waals surface area contributed by atoms with Crippen LogP contribution in [0.1, 0.15) is 18.4 Å². The molecule has 1 saturated heterocycles. The Bertz CT molecular complexity index is 606. The number of hydrogen-bond donors (Lipinski definition) is 1. The van der Waals surface area contributed by atoms with Crippen LogP contribution in [-0.2, 0) is 11.3 Å². The molecule has 0 aliphatic carbocycles. The van der Waals surface area contributed by atoms with Crippen LogP contribution in [0.2, 0.25) is 0 Å². The predicted molar refractivity (Wildman–Crippen MR) is 70.8 cm³/mol. The smallest absolute Gasteiger partial charge is 0.326 e. The average Bonchev–Trinajstić information content (AvgIpc) is 2.66. The van der Waals surface area contributed by atoms with E-state index < -0.39 is 0 Å². The summed E-state index contributed by atoms with van der Waals surface area (Å²) in [5.74, 6) is 0.553. The molecule has 1 aromatic carbocycles. The summed E-state index contributed by atoms with van der Waals surface area (Å²) >= 11 is 0. The Hall–Kier alpha value is -1.55. The van der Waals surface area contributed by atoms with Gasteiger partial charge in [0.1, 0.15) is 0 Å². The number of ether oxygens (including phenoxy) is 1. The summed E-state index contributed by atoms with van der Waals surface area (Å²) < 4.78 is 7.22. The van der Waals surface area contributed by atoms with Gasteiger partial charge < -0.3 is 9.72 Å². The molecule has 4 nitrogen and oxygen atoms in total. The van der Waals surface area contributed by atoms with Gasteiger partial charge in [0.15, 0.2) is 0 Å². The lowest BCUT2D eigenvalue weighted by Crippen LogP contribution is -2.25. The van der Waals surface area contributed by atoms with Crippen molar-refractivity contribution in [3.05, 3.63) is 34.2 Å². The van der Waals surface area contributed by atoms with Crippen molar-refractivity contribution in [2.24, 2.45) is 5.92 Å². The van der Waals surface area contributed by atoms with E-state index in [-0.39, 0.29) is 5.69 Å². The van der Waals surface area contributed by atoms with Gasteiger partial charge in [-0.1, -0.05) is 6.07 Å². The molecule has 3 rings (SSSR count). The molecule has 0 unspecified atom stereocenters. The Morgan fingerprint density at radius 3 is 2.94 bits per heavy atom. The molecule has 0 saturated carbocycles. The van der Waals surface area contributed by atoms with E-state index in [9.17, 15) is 4.79 Å². The van der Waals surface area contributed by atoms with E-state index in [1.165, 1.54) is 5.56 Å². The lowest BCUT2D eigenvalue weighted by Gasteiger charge is -2.22. The molecule has 0 bridgehead atoms. The minimum atomic E-state index is 0.00194. The summed E-state index contributed by atoms with van der Waals surface area (Å²) in [5, 5.41) is 0. The number of nitrogens with zero attached hydrogens (tertiary/aromatic N) is 1. The van der Waals surface area contributed by atoms with Crippen LogP contribution in [0.3, 0.4) is 0 Å². The second-order valence-electron chi connectivity index (χ2n) is 5.12. The highest BCUT2D eigenvalue weighted by Crippen LogP contribution is 2.19. The van der Waals surface area contributed by atoms with Gasteiger partial charge in [-0.15, -0.1) is 0 Å². The normalized spacial score (nSPS) is 17.4. The maximum atomic E-state index is 12.0. The van der Waals surface area contributed by atoms with E-state index in [2.05, 4.69) is 11.1 Å². The van der Waals surface area contributed by atoms with Gasteiger partial charge in [0.2, 0.25) is 0 Å². The molecular weight excluding hydrogens is 228 g/mol. The first-order chi connectivity index (χ1) is 8.74. The fraction of sp³-hybridized carbons (Fsp3) is 0.500. The van der Waals surface area contributed by atoms with E-state index in [4.69, 9.17) is 4.74 Å². The molecule has 2 heterocycles. The monoisotopic (exact) mass is 246 g/mol. The largest absolute Gasteiger partial charge is 0.381 e. The molecule has 0 atom stereocenters. The number of benzene rings is 1. The molecule has 1 aromatic heterocycles. The van der Waals surface area contributed by atoms with E-state index in [1.54, 1.807) is 0 Å². The van der Waals surface area contributed by atoms with E-state index >= 15 is 0 Å². The summed E-state index contributed by atoms with van der Waals surface area (Å²) in [4.78, 5) is 14.9. The fourth-order valence-electron chi connectivity index (χ4n) is 2.65. The lowest BCUT2D eigenvalue weighted by molar-refractivity contribution is 0.0613. The van der Waals surface area contributed by atoms with Gasteiger partial charge in [0.05, 0.1) is 11.0 Å². The van der Waals surface area contributed by atoms with Crippen LogP contribution in [0.25, 0.3) is 11.0 Å². The lowest BCUT2D eigenvalue weighted by atomic mass is 10.0. The molecule has 1 aliphatic rings. The number of aryl methyl sites for hydroxylation is 1. The average molecular weight is 246 g/mol. The van der Waals surface area contributed by atoms with Crippen molar-refractivity contribution in [3.8, 4) is 0 Å². The second kappa shape index (κ2) is 4.61. The third-order valence-electron chi connectivity index (χ3n) is 3.71. The molecular formula is C14H18N2O2. The quantitative estimate of drug-likeness (QED) is 0.881. The number of rotatable bonds is 2. The number of aromatic nitrogens is 2. The van der Waals surface area contributed by atoms with E-state index in [0.717, 1.165) is 43.6 Å². The third-order valence-corrected chi connectivity index (χ3v) is 3.71. The second-order valence-corrected chi connectivity index (χ2v) is 5.12. The first kappa shape index (κ1) is 11.5. The zero-order chi connectivity index (χ0) is 12.5. The highest BCUT2D eigenvalue weighted by Gasteiger charge is 2.16. The highest BCUT2D eigenvalue weighted by molar-refractivity contribution is 5.75. The van der Waals surface area contributed by atoms with Crippen LogP contribution in [-0.4, -0.2) is 22.8 Å². The van der Waals surface area contributed by atoms with Gasteiger partial charge in [0, 0.05) is 19.8 Å². The van der Waals surface area contributed by atoms with E-state index in [0.29, 0.717) is 5.92 Å². The SMILES string of the molecule is Cc1ccc2c(c1)[nH]c(=O)n2CC1CCOCC1. The highest BCUT2D eigenvalue weighted by atomic mass is 16.5. The van der Waals surface area contributed by atoms with E-state index in [1.807, 2.05) is 23.6 Å². The molecule has 96 valence electrons. The van der Waals surface area contributed by atoms with Gasteiger partial charge in [-0.05, 0) is 43.4 Å². The maximum Gasteiger partial charge on any atom is 0.326 e. The molecule has 1 N–H and O–H groups in total. The first-order valence-corrected chi connectivity index (χ1v) is 6.51. The number of hydrogen-bond acceptors (Lipinski definition) is 2. The van der Waals surface area contributed by atoms with Crippen LogP contribution in [0.15, 0.2) is 23.0 Å². The topological polar surface area (TPSA) is 47.0 Å². The van der Waals surface area contributed by atoms with Gasteiger partial charge in [0.25, 0.3) is 0 Å². The molecule has 2 aromatic rings. The number of aromatic amines is 1. The van der Waals surface area contributed by atoms with Crippen molar-refractivity contribution in [2.45, 2.75) is 26.3 Å². The van der Waals surface area contributed by atoms with Crippen LogP contribution in [0.5, 0.6) is 0 Å². The Balaban J connectivity index is 1.95. The summed E-state index contributed by atoms with van der Waals surface area (Å²) in [5.41, 5.74) is 3.12. The van der Waals surface area contributed by atoms with Gasteiger partial charge in [-0.25, -0.2) is 4.79 Å². The summed E-state index contributed by atoms with van der Waals surface area (Å²) in [6, 6.07) is 6.11. The molecule has 18 heavy (non-hydrogen) atoms. The van der Waals surface area contributed by atoms with Crippen LogP contribution in [0.4, 0.5) is 0 Å². The Labute approximate surface area is 106 Å². The Kier molecular flexibility index (Phi) is 2.96. The standard InChI is InChI=1S/C14H18N2O2/c1-10-2-3-13-12(8-10)15-14(17)16(13)9-11-4-6-18-7-5-11/h2-3,8,11H,4-7,9H2,1H3,(H,15,17).